The minimum absolute atomic E-state index is 0.00700. The number of hydrogen-bond acceptors (Lipinski definition) is 5. The average molecular weight is 473 g/mol. The molecule has 0 unspecified atom stereocenters. The largest absolute Gasteiger partial charge is 0.490 e. The van der Waals surface area contributed by atoms with Crippen LogP contribution in [0.4, 0.5) is 21.7 Å². The molecule has 0 atom stereocenters. The van der Waals surface area contributed by atoms with E-state index in [9.17, 15) is 14.0 Å². The lowest BCUT2D eigenvalue weighted by molar-refractivity contribution is -0.107. The second-order valence-electron chi connectivity index (χ2n) is 7.59. The highest BCUT2D eigenvalue weighted by atomic mass is 35.5. The zero-order chi connectivity index (χ0) is 24.0. The van der Waals surface area contributed by atoms with Crippen LogP contribution in [0.2, 0.25) is 5.02 Å². The zero-order valence-corrected chi connectivity index (χ0v) is 19.5. The van der Waals surface area contributed by atoms with Gasteiger partial charge in [0.2, 0.25) is 18.1 Å². The molecule has 0 bridgehead atoms. The Morgan fingerprint density at radius 3 is 2.73 bits per heavy atom. The first-order chi connectivity index (χ1) is 15.9. The van der Waals surface area contributed by atoms with Crippen LogP contribution in [-0.2, 0) is 11.3 Å². The Labute approximate surface area is 196 Å². The molecular formula is C24H26ClFN4O3. The number of aryl methyl sites for hydroxylation is 1. The van der Waals surface area contributed by atoms with Crippen molar-refractivity contribution in [1.29, 1.82) is 0 Å². The molecule has 0 aliphatic heterocycles. The molecule has 2 aromatic carbocycles. The number of carbonyl (C=O) groups excluding carboxylic acids is 1. The van der Waals surface area contributed by atoms with E-state index in [1.54, 1.807) is 15.5 Å². The van der Waals surface area contributed by atoms with Crippen molar-refractivity contribution in [2.75, 3.05) is 23.9 Å². The van der Waals surface area contributed by atoms with Crippen LogP contribution in [0.25, 0.3) is 0 Å². The third kappa shape index (κ3) is 5.90. The van der Waals surface area contributed by atoms with Crippen LogP contribution in [0, 0.1) is 12.7 Å². The molecule has 0 fully saturated rings. The lowest BCUT2D eigenvalue weighted by Gasteiger charge is -2.20. The highest BCUT2D eigenvalue weighted by molar-refractivity contribution is 6.30. The van der Waals surface area contributed by atoms with Crippen LogP contribution < -0.4 is 20.5 Å². The van der Waals surface area contributed by atoms with E-state index in [0.29, 0.717) is 17.8 Å². The van der Waals surface area contributed by atoms with E-state index in [2.05, 4.69) is 17.2 Å². The number of nitrogens with zero attached hydrogens (tertiary/aromatic N) is 3. The minimum atomic E-state index is -0.528. The van der Waals surface area contributed by atoms with E-state index in [1.165, 1.54) is 25.4 Å². The predicted octanol–water partition coefficient (Wildman–Crippen LogP) is 4.91. The van der Waals surface area contributed by atoms with Gasteiger partial charge in [0, 0.05) is 17.9 Å². The molecule has 7 nitrogen and oxygen atoms in total. The van der Waals surface area contributed by atoms with Crippen molar-refractivity contribution in [3.63, 3.8) is 0 Å². The monoisotopic (exact) mass is 472 g/mol. The van der Waals surface area contributed by atoms with Gasteiger partial charge in [0.05, 0.1) is 24.9 Å². The van der Waals surface area contributed by atoms with Crippen LogP contribution in [0.5, 0.6) is 5.75 Å². The summed E-state index contributed by atoms with van der Waals surface area (Å²) >= 11 is 5.93. The number of amides is 1. The summed E-state index contributed by atoms with van der Waals surface area (Å²) in [6.45, 7) is 4.85. The fourth-order valence-electron chi connectivity index (χ4n) is 3.28. The van der Waals surface area contributed by atoms with Gasteiger partial charge in [0.15, 0.2) is 0 Å². The lowest BCUT2D eigenvalue weighted by Crippen LogP contribution is -2.22. The van der Waals surface area contributed by atoms with Gasteiger partial charge in [-0.05, 0) is 48.7 Å². The number of rotatable bonds is 10. The number of aromatic nitrogens is 2. The summed E-state index contributed by atoms with van der Waals surface area (Å²) in [7, 11) is 1.39. The van der Waals surface area contributed by atoms with Crippen molar-refractivity contribution < 1.29 is 13.9 Å². The fraction of sp³-hybridized carbons (Fsp3) is 0.292. The SMILES string of the molecule is CCCCN(C=O)c1ccc(C)c(Nc2nc(=O)c(OC)cn2Cc2ccc(F)c(Cl)c2)c1. The normalized spacial score (nSPS) is 10.7. The Kier molecular flexibility index (Phi) is 8.06. The van der Waals surface area contributed by atoms with E-state index in [0.717, 1.165) is 30.5 Å². The van der Waals surface area contributed by atoms with Gasteiger partial charge >= 0.3 is 5.56 Å². The number of unbranched alkanes of at least 4 members (excludes halogenated alkanes) is 1. The van der Waals surface area contributed by atoms with Gasteiger partial charge in [0.25, 0.3) is 0 Å². The predicted molar refractivity (Wildman–Crippen MR) is 128 cm³/mol. The van der Waals surface area contributed by atoms with Crippen LogP contribution in [0.1, 0.15) is 30.9 Å². The fourth-order valence-corrected chi connectivity index (χ4v) is 3.49. The molecule has 0 saturated heterocycles. The number of benzene rings is 2. The Hall–Kier alpha value is -3.39. The third-order valence-electron chi connectivity index (χ3n) is 5.20. The molecule has 0 radical (unpaired) electrons. The van der Waals surface area contributed by atoms with Crippen molar-refractivity contribution in [1.82, 2.24) is 9.55 Å². The molecule has 1 aromatic heterocycles. The van der Waals surface area contributed by atoms with Gasteiger partial charge in [-0.25, -0.2) is 4.39 Å². The van der Waals surface area contributed by atoms with Crippen molar-refractivity contribution >= 4 is 35.3 Å². The number of hydrogen-bond donors (Lipinski definition) is 1. The Morgan fingerprint density at radius 1 is 1.27 bits per heavy atom. The van der Waals surface area contributed by atoms with Gasteiger partial charge in [-0.15, -0.1) is 0 Å². The maximum Gasteiger partial charge on any atom is 0.316 e. The number of halogens is 2. The van der Waals surface area contributed by atoms with Gasteiger partial charge in [0.1, 0.15) is 5.82 Å². The molecule has 174 valence electrons. The molecule has 1 heterocycles. The van der Waals surface area contributed by atoms with Crippen molar-refractivity contribution in [3.05, 3.63) is 74.9 Å². The minimum Gasteiger partial charge on any atom is -0.490 e. The van der Waals surface area contributed by atoms with E-state index in [4.69, 9.17) is 16.3 Å². The molecule has 1 amide bonds. The van der Waals surface area contributed by atoms with E-state index in [1.807, 2.05) is 25.1 Å². The molecular weight excluding hydrogens is 447 g/mol. The van der Waals surface area contributed by atoms with E-state index < -0.39 is 11.4 Å². The van der Waals surface area contributed by atoms with Gasteiger partial charge in [-0.1, -0.05) is 37.1 Å². The molecule has 0 saturated carbocycles. The van der Waals surface area contributed by atoms with Crippen molar-refractivity contribution in [3.8, 4) is 5.75 Å². The molecule has 0 spiro atoms. The Bertz CT molecular complexity index is 1200. The van der Waals surface area contributed by atoms with Crippen LogP contribution in [-0.4, -0.2) is 29.6 Å². The summed E-state index contributed by atoms with van der Waals surface area (Å²) in [5.74, 6) is -0.164. The Morgan fingerprint density at radius 2 is 2.06 bits per heavy atom. The standard InChI is InChI=1S/C24H26ClFN4O3/c1-4-5-10-29(15-31)18-8-6-16(2)21(12-18)27-24-28-23(32)22(33-3)14-30(24)13-17-7-9-20(26)19(25)11-17/h6-9,11-12,14-15H,4-5,10,13H2,1-3H3,(H,27,28,32). The van der Waals surface area contributed by atoms with Crippen molar-refractivity contribution in [2.24, 2.45) is 0 Å². The highest BCUT2D eigenvalue weighted by Gasteiger charge is 2.13. The first kappa shape index (κ1) is 24.3. The maximum atomic E-state index is 13.6. The van der Waals surface area contributed by atoms with E-state index >= 15 is 0 Å². The summed E-state index contributed by atoms with van der Waals surface area (Å²) in [6, 6.07) is 10.0. The maximum absolute atomic E-state index is 13.6. The molecule has 9 heteroatoms. The summed E-state index contributed by atoms with van der Waals surface area (Å²) in [6.07, 6.45) is 4.20. The quantitative estimate of drug-likeness (QED) is 0.424. The van der Waals surface area contributed by atoms with Gasteiger partial charge in [-0.3, -0.25) is 9.59 Å². The lowest BCUT2D eigenvalue weighted by atomic mass is 10.1. The molecule has 33 heavy (non-hydrogen) atoms. The van der Waals surface area contributed by atoms with Crippen LogP contribution in [0.15, 0.2) is 47.4 Å². The summed E-state index contributed by atoms with van der Waals surface area (Å²) < 4.78 is 20.4. The second-order valence-corrected chi connectivity index (χ2v) is 8.00. The summed E-state index contributed by atoms with van der Waals surface area (Å²) in [4.78, 5) is 29.7. The van der Waals surface area contributed by atoms with Crippen molar-refractivity contribution in [2.45, 2.75) is 33.2 Å². The molecule has 0 aliphatic rings. The molecule has 3 aromatic rings. The third-order valence-corrected chi connectivity index (χ3v) is 5.49. The van der Waals surface area contributed by atoms with Crippen LogP contribution in [0.3, 0.4) is 0 Å². The molecule has 3 rings (SSSR count). The molecule has 1 N–H and O–H groups in total. The number of nitrogens with one attached hydrogen (secondary N) is 1. The first-order valence-corrected chi connectivity index (χ1v) is 10.9. The number of anilines is 3. The zero-order valence-electron chi connectivity index (χ0n) is 18.8. The number of carbonyl (C=O) groups is 1. The van der Waals surface area contributed by atoms with Gasteiger partial charge in [-0.2, -0.15) is 4.98 Å². The first-order valence-electron chi connectivity index (χ1n) is 10.5. The Balaban J connectivity index is 1.99. The average Bonchev–Trinajstić information content (AvgIpc) is 2.80. The van der Waals surface area contributed by atoms with Crippen LogP contribution >= 0.6 is 11.6 Å². The topological polar surface area (TPSA) is 76.5 Å². The summed E-state index contributed by atoms with van der Waals surface area (Å²) in [5.41, 5.74) is 2.52. The second kappa shape index (κ2) is 11.0. The van der Waals surface area contributed by atoms with E-state index in [-0.39, 0.29) is 23.3 Å². The van der Waals surface area contributed by atoms with Gasteiger partial charge < -0.3 is 19.5 Å². The molecule has 0 aliphatic carbocycles. The number of ether oxygens (including phenoxy) is 1. The number of methoxy groups -OCH3 is 1. The highest BCUT2D eigenvalue weighted by Crippen LogP contribution is 2.26. The smallest absolute Gasteiger partial charge is 0.316 e. The summed E-state index contributed by atoms with van der Waals surface area (Å²) in [5, 5.41) is 3.21.